The van der Waals surface area contributed by atoms with Crippen molar-refractivity contribution < 1.29 is 14.7 Å². The minimum atomic E-state index is -0.986. The summed E-state index contributed by atoms with van der Waals surface area (Å²) >= 11 is 0. The first-order valence-electron chi connectivity index (χ1n) is 5.89. The first-order valence-corrected chi connectivity index (χ1v) is 5.89. The van der Waals surface area contributed by atoms with Crippen molar-refractivity contribution in [3.05, 3.63) is 47.5 Å². The first kappa shape index (κ1) is 12.4. The van der Waals surface area contributed by atoms with Gasteiger partial charge in [-0.3, -0.25) is 4.79 Å². The fourth-order valence-electron chi connectivity index (χ4n) is 2.31. The highest BCUT2D eigenvalue weighted by molar-refractivity contribution is 5.92. The van der Waals surface area contributed by atoms with Crippen LogP contribution in [0.25, 0.3) is 0 Å². The van der Waals surface area contributed by atoms with Crippen LogP contribution in [-0.2, 0) is 16.0 Å². The van der Waals surface area contributed by atoms with E-state index in [1.54, 1.807) is 25.1 Å². The highest BCUT2D eigenvalue weighted by Crippen LogP contribution is 2.30. The lowest BCUT2D eigenvalue weighted by Gasteiger charge is -2.34. The number of benzene rings is 1. The van der Waals surface area contributed by atoms with Gasteiger partial charge in [-0.05, 0) is 30.5 Å². The Kier molecular flexibility index (Phi) is 3.46. The number of rotatable bonds is 2. The Hall–Kier alpha value is -2.10. The average molecular weight is 245 g/mol. The summed E-state index contributed by atoms with van der Waals surface area (Å²) in [6, 6.07) is 6.52. The molecule has 4 heteroatoms. The standard InChI is InChI=1S/C14H15NO3/c1-2-5-12(16)15-9-8-10-6-3-4-7-11(10)13(15)14(17)18/h2-7,13H,8-9H2,1H3,(H,17,18). The molecule has 0 radical (unpaired) electrons. The van der Waals surface area contributed by atoms with Crippen molar-refractivity contribution in [3.8, 4) is 0 Å². The molecule has 1 aromatic carbocycles. The fourth-order valence-corrected chi connectivity index (χ4v) is 2.31. The molecule has 0 saturated heterocycles. The lowest BCUT2D eigenvalue weighted by molar-refractivity contribution is -0.149. The van der Waals surface area contributed by atoms with Gasteiger partial charge in [0.25, 0.3) is 0 Å². The fraction of sp³-hybridized carbons (Fsp3) is 0.286. The molecule has 2 rings (SSSR count). The number of hydrogen-bond donors (Lipinski definition) is 1. The quantitative estimate of drug-likeness (QED) is 0.808. The number of carbonyl (C=O) groups is 2. The van der Waals surface area contributed by atoms with Crippen LogP contribution in [0.15, 0.2) is 36.4 Å². The first-order chi connectivity index (χ1) is 8.65. The predicted octanol–water partition coefficient (Wildman–Crippen LogP) is 1.77. The van der Waals surface area contributed by atoms with Crippen molar-refractivity contribution in [1.29, 1.82) is 0 Å². The second-order valence-corrected chi connectivity index (χ2v) is 4.22. The summed E-state index contributed by atoms with van der Waals surface area (Å²) in [5, 5.41) is 9.35. The predicted molar refractivity (Wildman–Crippen MR) is 67.0 cm³/mol. The summed E-state index contributed by atoms with van der Waals surface area (Å²) in [6.07, 6.45) is 3.73. The van der Waals surface area contributed by atoms with Crippen molar-refractivity contribution in [3.63, 3.8) is 0 Å². The van der Waals surface area contributed by atoms with Crippen LogP contribution in [0.3, 0.4) is 0 Å². The van der Waals surface area contributed by atoms with Gasteiger partial charge in [0.2, 0.25) is 5.91 Å². The topological polar surface area (TPSA) is 57.6 Å². The van der Waals surface area contributed by atoms with E-state index in [9.17, 15) is 14.7 Å². The lowest BCUT2D eigenvalue weighted by atomic mass is 9.92. The number of carboxylic acid groups (broad SMARTS) is 1. The molecule has 1 amide bonds. The Labute approximate surface area is 106 Å². The van der Waals surface area contributed by atoms with Gasteiger partial charge in [0.15, 0.2) is 6.04 Å². The van der Waals surface area contributed by atoms with Gasteiger partial charge in [-0.15, -0.1) is 0 Å². The van der Waals surface area contributed by atoms with E-state index in [-0.39, 0.29) is 5.91 Å². The van der Waals surface area contributed by atoms with E-state index in [0.717, 1.165) is 5.56 Å². The van der Waals surface area contributed by atoms with E-state index >= 15 is 0 Å². The summed E-state index contributed by atoms with van der Waals surface area (Å²) in [5.74, 6) is -1.24. The molecule has 0 spiro atoms. The molecule has 1 N–H and O–H groups in total. The molecule has 4 nitrogen and oxygen atoms in total. The average Bonchev–Trinajstić information content (AvgIpc) is 2.37. The largest absolute Gasteiger partial charge is 0.479 e. The molecule has 1 aromatic rings. The number of hydrogen-bond acceptors (Lipinski definition) is 2. The van der Waals surface area contributed by atoms with Crippen molar-refractivity contribution in [2.75, 3.05) is 6.54 Å². The maximum atomic E-state index is 11.9. The Morgan fingerprint density at radius 1 is 1.39 bits per heavy atom. The molecule has 1 aliphatic heterocycles. The van der Waals surface area contributed by atoms with Gasteiger partial charge in [-0.1, -0.05) is 30.3 Å². The van der Waals surface area contributed by atoms with E-state index in [0.29, 0.717) is 18.5 Å². The van der Waals surface area contributed by atoms with Gasteiger partial charge >= 0.3 is 5.97 Å². The van der Waals surface area contributed by atoms with Crippen molar-refractivity contribution in [2.45, 2.75) is 19.4 Å². The van der Waals surface area contributed by atoms with Gasteiger partial charge in [-0.25, -0.2) is 4.79 Å². The molecule has 0 saturated carbocycles. The number of carbonyl (C=O) groups excluding carboxylic acids is 1. The third-order valence-corrected chi connectivity index (χ3v) is 3.11. The minimum Gasteiger partial charge on any atom is -0.479 e. The Morgan fingerprint density at radius 2 is 2.11 bits per heavy atom. The zero-order valence-electron chi connectivity index (χ0n) is 10.2. The van der Waals surface area contributed by atoms with E-state index in [1.165, 1.54) is 11.0 Å². The summed E-state index contributed by atoms with van der Waals surface area (Å²) in [6.45, 7) is 2.18. The van der Waals surface area contributed by atoms with Gasteiger partial charge in [0.05, 0.1) is 0 Å². The zero-order chi connectivity index (χ0) is 13.1. The molecule has 1 heterocycles. The van der Waals surface area contributed by atoms with Crippen LogP contribution in [0.2, 0.25) is 0 Å². The van der Waals surface area contributed by atoms with Crippen molar-refractivity contribution >= 4 is 11.9 Å². The van der Waals surface area contributed by atoms with Crippen LogP contribution < -0.4 is 0 Å². The summed E-state index contributed by atoms with van der Waals surface area (Å²) in [4.78, 5) is 24.7. The number of aliphatic carboxylic acids is 1. The van der Waals surface area contributed by atoms with Gasteiger partial charge in [-0.2, -0.15) is 0 Å². The van der Waals surface area contributed by atoms with E-state index in [4.69, 9.17) is 0 Å². The smallest absolute Gasteiger partial charge is 0.331 e. The molecule has 0 fully saturated rings. The van der Waals surface area contributed by atoms with Crippen LogP contribution in [0.5, 0.6) is 0 Å². The third kappa shape index (κ3) is 2.14. The molecule has 94 valence electrons. The van der Waals surface area contributed by atoms with Crippen LogP contribution in [0.4, 0.5) is 0 Å². The van der Waals surface area contributed by atoms with Crippen molar-refractivity contribution in [1.82, 2.24) is 4.90 Å². The number of fused-ring (bicyclic) bond motifs is 1. The molecule has 1 aliphatic rings. The van der Waals surface area contributed by atoms with Crippen LogP contribution in [-0.4, -0.2) is 28.4 Å². The molecular weight excluding hydrogens is 230 g/mol. The SMILES string of the molecule is CC=CC(=O)N1CCc2ccccc2C1C(=O)O. The third-order valence-electron chi connectivity index (χ3n) is 3.11. The highest BCUT2D eigenvalue weighted by Gasteiger charge is 2.34. The Balaban J connectivity index is 2.41. The summed E-state index contributed by atoms with van der Waals surface area (Å²) in [5.41, 5.74) is 1.73. The number of nitrogens with zero attached hydrogens (tertiary/aromatic N) is 1. The van der Waals surface area contributed by atoms with E-state index in [2.05, 4.69) is 0 Å². The van der Waals surface area contributed by atoms with E-state index in [1.807, 2.05) is 12.1 Å². The van der Waals surface area contributed by atoms with E-state index < -0.39 is 12.0 Å². The Bertz CT molecular complexity index is 508. The molecular formula is C14H15NO3. The molecule has 1 unspecified atom stereocenters. The van der Waals surface area contributed by atoms with Gasteiger partial charge in [0, 0.05) is 6.54 Å². The molecule has 0 bridgehead atoms. The molecule has 1 atom stereocenters. The molecule has 18 heavy (non-hydrogen) atoms. The number of amides is 1. The van der Waals surface area contributed by atoms with Gasteiger partial charge in [0.1, 0.15) is 0 Å². The number of carboxylic acids is 1. The maximum Gasteiger partial charge on any atom is 0.331 e. The lowest BCUT2D eigenvalue weighted by Crippen LogP contribution is -2.42. The van der Waals surface area contributed by atoms with Gasteiger partial charge < -0.3 is 10.0 Å². The normalized spacial score (nSPS) is 18.7. The van der Waals surface area contributed by atoms with Crippen LogP contribution >= 0.6 is 0 Å². The number of allylic oxidation sites excluding steroid dienone is 1. The second-order valence-electron chi connectivity index (χ2n) is 4.22. The monoisotopic (exact) mass is 245 g/mol. The highest BCUT2D eigenvalue weighted by atomic mass is 16.4. The molecule has 0 aromatic heterocycles. The van der Waals surface area contributed by atoms with Crippen LogP contribution in [0.1, 0.15) is 24.1 Å². The Morgan fingerprint density at radius 3 is 2.78 bits per heavy atom. The summed E-state index contributed by atoms with van der Waals surface area (Å²) in [7, 11) is 0. The van der Waals surface area contributed by atoms with Crippen molar-refractivity contribution in [2.24, 2.45) is 0 Å². The zero-order valence-corrected chi connectivity index (χ0v) is 10.2. The minimum absolute atomic E-state index is 0.251. The van der Waals surface area contributed by atoms with Crippen LogP contribution in [0, 0.1) is 0 Å². The molecule has 0 aliphatic carbocycles. The second kappa shape index (κ2) is 5.04. The summed E-state index contributed by atoms with van der Waals surface area (Å²) < 4.78 is 0. The maximum absolute atomic E-state index is 11.9.